The Kier molecular flexibility index (Phi) is 5.25. The normalized spacial score (nSPS) is 10.2. The Hall–Kier alpha value is -1.27. The maximum atomic E-state index is 5.78. The molecule has 20 heavy (non-hydrogen) atoms. The molecular formula is C14H14Br2N2O2. The second-order valence-corrected chi connectivity index (χ2v) is 5.72. The number of anilines is 1. The molecule has 2 rings (SSSR count). The zero-order chi connectivity index (χ0) is 14.5. The SMILES string of the molecule is CNc1ccc(COc2cc(Br)c(OC)cc2Br)cn1. The summed E-state index contributed by atoms with van der Waals surface area (Å²) >= 11 is 6.91. The van der Waals surface area contributed by atoms with Crippen molar-refractivity contribution in [1.82, 2.24) is 4.98 Å². The number of methoxy groups -OCH3 is 1. The highest BCUT2D eigenvalue weighted by Crippen LogP contribution is 2.36. The van der Waals surface area contributed by atoms with E-state index in [4.69, 9.17) is 9.47 Å². The average Bonchev–Trinajstić information content (AvgIpc) is 2.48. The van der Waals surface area contributed by atoms with Crippen molar-refractivity contribution in [2.75, 3.05) is 19.5 Å². The van der Waals surface area contributed by atoms with Gasteiger partial charge in [-0.15, -0.1) is 0 Å². The van der Waals surface area contributed by atoms with Crippen LogP contribution in [0.1, 0.15) is 5.56 Å². The van der Waals surface area contributed by atoms with E-state index < -0.39 is 0 Å². The topological polar surface area (TPSA) is 43.4 Å². The lowest BCUT2D eigenvalue weighted by molar-refractivity contribution is 0.302. The van der Waals surface area contributed by atoms with E-state index in [-0.39, 0.29) is 0 Å². The fourth-order valence-corrected chi connectivity index (χ4v) is 2.52. The first kappa shape index (κ1) is 15.1. The number of hydrogen-bond acceptors (Lipinski definition) is 4. The smallest absolute Gasteiger partial charge is 0.135 e. The van der Waals surface area contributed by atoms with Crippen LogP contribution in [0.5, 0.6) is 11.5 Å². The number of pyridine rings is 1. The summed E-state index contributed by atoms with van der Waals surface area (Å²) in [6, 6.07) is 7.63. The Balaban J connectivity index is 2.08. The van der Waals surface area contributed by atoms with Crippen LogP contribution in [0.25, 0.3) is 0 Å². The molecule has 0 saturated carbocycles. The molecule has 4 nitrogen and oxygen atoms in total. The molecule has 0 aliphatic carbocycles. The van der Waals surface area contributed by atoms with Crippen LogP contribution in [0.3, 0.4) is 0 Å². The molecular weight excluding hydrogens is 388 g/mol. The number of hydrogen-bond donors (Lipinski definition) is 1. The van der Waals surface area contributed by atoms with E-state index in [2.05, 4.69) is 42.2 Å². The Morgan fingerprint density at radius 2 is 1.85 bits per heavy atom. The first-order chi connectivity index (χ1) is 9.63. The number of ether oxygens (including phenoxy) is 2. The molecule has 0 atom stereocenters. The lowest BCUT2D eigenvalue weighted by Crippen LogP contribution is -1.99. The van der Waals surface area contributed by atoms with E-state index in [1.54, 1.807) is 13.3 Å². The van der Waals surface area contributed by atoms with Crippen LogP contribution in [-0.2, 0) is 6.61 Å². The Labute approximate surface area is 134 Å². The average molecular weight is 402 g/mol. The van der Waals surface area contributed by atoms with Gasteiger partial charge in [0, 0.05) is 18.8 Å². The van der Waals surface area contributed by atoms with Crippen molar-refractivity contribution >= 4 is 37.7 Å². The molecule has 0 bridgehead atoms. The van der Waals surface area contributed by atoms with Gasteiger partial charge in [-0.25, -0.2) is 4.98 Å². The van der Waals surface area contributed by atoms with E-state index in [9.17, 15) is 0 Å². The minimum atomic E-state index is 0.453. The summed E-state index contributed by atoms with van der Waals surface area (Å²) in [7, 11) is 3.46. The molecule has 1 N–H and O–H groups in total. The van der Waals surface area contributed by atoms with Crippen molar-refractivity contribution in [2.45, 2.75) is 6.61 Å². The van der Waals surface area contributed by atoms with Gasteiger partial charge in [-0.1, -0.05) is 6.07 Å². The van der Waals surface area contributed by atoms with E-state index in [0.717, 1.165) is 31.8 Å². The van der Waals surface area contributed by atoms with Gasteiger partial charge in [0.05, 0.1) is 16.1 Å². The first-order valence-electron chi connectivity index (χ1n) is 5.92. The third-order valence-corrected chi connectivity index (χ3v) is 3.92. The van der Waals surface area contributed by atoms with Gasteiger partial charge < -0.3 is 14.8 Å². The van der Waals surface area contributed by atoms with Crippen molar-refractivity contribution in [3.63, 3.8) is 0 Å². The van der Waals surface area contributed by atoms with Crippen LogP contribution in [0.15, 0.2) is 39.4 Å². The van der Waals surface area contributed by atoms with Gasteiger partial charge in [0.2, 0.25) is 0 Å². The van der Waals surface area contributed by atoms with E-state index in [1.807, 2.05) is 31.3 Å². The monoisotopic (exact) mass is 400 g/mol. The molecule has 0 spiro atoms. The predicted molar refractivity (Wildman–Crippen MR) is 86.5 cm³/mol. The Bertz CT molecular complexity index is 588. The molecule has 0 saturated heterocycles. The van der Waals surface area contributed by atoms with Crippen molar-refractivity contribution in [2.24, 2.45) is 0 Å². The number of nitrogens with zero attached hydrogens (tertiary/aromatic N) is 1. The summed E-state index contributed by atoms with van der Waals surface area (Å²) < 4.78 is 12.7. The minimum absolute atomic E-state index is 0.453. The van der Waals surface area contributed by atoms with Crippen LogP contribution >= 0.6 is 31.9 Å². The third-order valence-electron chi connectivity index (χ3n) is 2.68. The van der Waals surface area contributed by atoms with Gasteiger partial charge in [0.15, 0.2) is 0 Å². The highest BCUT2D eigenvalue weighted by Gasteiger charge is 2.08. The number of aromatic nitrogens is 1. The fraction of sp³-hybridized carbons (Fsp3) is 0.214. The first-order valence-corrected chi connectivity index (χ1v) is 7.51. The number of benzene rings is 1. The molecule has 0 aliphatic heterocycles. The zero-order valence-electron chi connectivity index (χ0n) is 11.1. The molecule has 1 heterocycles. The van der Waals surface area contributed by atoms with Gasteiger partial charge in [0.1, 0.15) is 23.9 Å². The van der Waals surface area contributed by atoms with Gasteiger partial charge in [0.25, 0.3) is 0 Å². The summed E-state index contributed by atoms with van der Waals surface area (Å²) in [6.45, 7) is 0.453. The van der Waals surface area contributed by atoms with Gasteiger partial charge in [-0.05, 0) is 50.1 Å². The van der Waals surface area contributed by atoms with E-state index in [0.29, 0.717) is 6.61 Å². The number of halogens is 2. The largest absolute Gasteiger partial charge is 0.496 e. The highest BCUT2D eigenvalue weighted by atomic mass is 79.9. The summed E-state index contributed by atoms with van der Waals surface area (Å²) in [5.74, 6) is 2.33. The molecule has 106 valence electrons. The van der Waals surface area contributed by atoms with Crippen molar-refractivity contribution in [3.05, 3.63) is 45.0 Å². The summed E-state index contributed by atoms with van der Waals surface area (Å²) in [4.78, 5) is 4.24. The summed E-state index contributed by atoms with van der Waals surface area (Å²) in [5, 5.41) is 2.98. The van der Waals surface area contributed by atoms with Crippen LogP contribution in [0, 0.1) is 0 Å². The maximum Gasteiger partial charge on any atom is 0.135 e. The minimum Gasteiger partial charge on any atom is -0.496 e. The molecule has 0 unspecified atom stereocenters. The molecule has 0 amide bonds. The molecule has 6 heteroatoms. The second-order valence-electron chi connectivity index (χ2n) is 4.01. The van der Waals surface area contributed by atoms with Crippen LogP contribution in [0.2, 0.25) is 0 Å². The fourth-order valence-electron chi connectivity index (χ4n) is 1.60. The predicted octanol–water partition coefficient (Wildman–Crippen LogP) is 4.24. The molecule has 1 aromatic heterocycles. The maximum absolute atomic E-state index is 5.78. The van der Waals surface area contributed by atoms with Gasteiger partial charge in [-0.2, -0.15) is 0 Å². The summed E-state index contributed by atoms with van der Waals surface area (Å²) in [5.41, 5.74) is 1.00. The van der Waals surface area contributed by atoms with Crippen LogP contribution < -0.4 is 14.8 Å². The molecule has 1 aromatic carbocycles. The standard InChI is InChI=1S/C14H14Br2N2O2/c1-17-14-4-3-9(7-18-14)8-20-13-6-10(15)12(19-2)5-11(13)16/h3-7H,8H2,1-2H3,(H,17,18). The van der Waals surface area contributed by atoms with Gasteiger partial charge in [-0.3, -0.25) is 0 Å². The van der Waals surface area contributed by atoms with E-state index in [1.165, 1.54) is 0 Å². The van der Waals surface area contributed by atoms with E-state index >= 15 is 0 Å². The van der Waals surface area contributed by atoms with Crippen LogP contribution in [-0.4, -0.2) is 19.1 Å². The molecule has 2 aromatic rings. The molecule has 0 fully saturated rings. The van der Waals surface area contributed by atoms with Gasteiger partial charge >= 0.3 is 0 Å². The molecule has 0 aliphatic rings. The zero-order valence-corrected chi connectivity index (χ0v) is 14.3. The van der Waals surface area contributed by atoms with Crippen molar-refractivity contribution < 1.29 is 9.47 Å². The van der Waals surface area contributed by atoms with Crippen LogP contribution in [0.4, 0.5) is 5.82 Å². The van der Waals surface area contributed by atoms with Crippen molar-refractivity contribution in [1.29, 1.82) is 0 Å². The highest BCUT2D eigenvalue weighted by molar-refractivity contribution is 9.11. The third kappa shape index (κ3) is 3.64. The number of nitrogens with one attached hydrogen (secondary N) is 1. The quantitative estimate of drug-likeness (QED) is 0.813. The Morgan fingerprint density at radius 1 is 1.15 bits per heavy atom. The Morgan fingerprint density at radius 3 is 2.45 bits per heavy atom. The number of rotatable bonds is 5. The molecule has 0 radical (unpaired) electrons. The lowest BCUT2D eigenvalue weighted by Gasteiger charge is -2.11. The second kappa shape index (κ2) is 6.95. The summed E-state index contributed by atoms with van der Waals surface area (Å²) in [6.07, 6.45) is 1.79. The lowest BCUT2D eigenvalue weighted by atomic mass is 10.3. The van der Waals surface area contributed by atoms with Crippen molar-refractivity contribution in [3.8, 4) is 11.5 Å².